The second-order valence-corrected chi connectivity index (χ2v) is 5.31. The summed E-state index contributed by atoms with van der Waals surface area (Å²) in [6.07, 6.45) is 8.34. The van der Waals surface area contributed by atoms with Crippen LogP contribution in [0, 0.1) is 0 Å². The zero-order chi connectivity index (χ0) is 16.1. The normalized spacial score (nSPS) is 10.7. The summed E-state index contributed by atoms with van der Waals surface area (Å²) in [6.45, 7) is 2.17. The van der Waals surface area contributed by atoms with Gasteiger partial charge in [-0.3, -0.25) is 9.97 Å². The Kier molecular flexibility index (Phi) is 4.57. The SMILES string of the molecule is CCCCc1c(-c2ccncc2)nc(N)nc1-c1ccccn1. The van der Waals surface area contributed by atoms with Gasteiger partial charge in [0.05, 0.1) is 17.1 Å². The predicted octanol–water partition coefficient (Wildman–Crippen LogP) is 3.53. The lowest BCUT2D eigenvalue weighted by molar-refractivity contribution is 0.791. The summed E-state index contributed by atoms with van der Waals surface area (Å²) in [4.78, 5) is 17.5. The van der Waals surface area contributed by atoms with Crippen LogP contribution < -0.4 is 5.73 Å². The lowest BCUT2D eigenvalue weighted by Gasteiger charge is -2.14. The van der Waals surface area contributed by atoms with Crippen molar-refractivity contribution in [1.82, 2.24) is 19.9 Å². The van der Waals surface area contributed by atoms with Crippen LogP contribution in [0.25, 0.3) is 22.6 Å². The minimum absolute atomic E-state index is 0.262. The number of anilines is 1. The fourth-order valence-corrected chi connectivity index (χ4v) is 2.55. The van der Waals surface area contributed by atoms with E-state index < -0.39 is 0 Å². The van der Waals surface area contributed by atoms with Crippen molar-refractivity contribution in [3.63, 3.8) is 0 Å². The van der Waals surface area contributed by atoms with Crippen LogP contribution in [0.4, 0.5) is 5.95 Å². The van der Waals surface area contributed by atoms with Crippen molar-refractivity contribution in [1.29, 1.82) is 0 Å². The van der Waals surface area contributed by atoms with Crippen molar-refractivity contribution < 1.29 is 0 Å². The summed E-state index contributed by atoms with van der Waals surface area (Å²) in [6, 6.07) is 9.69. The number of unbranched alkanes of at least 4 members (excludes halogenated alkanes) is 1. The van der Waals surface area contributed by atoms with E-state index >= 15 is 0 Å². The highest BCUT2D eigenvalue weighted by Gasteiger charge is 2.16. The van der Waals surface area contributed by atoms with E-state index in [1.807, 2.05) is 30.3 Å². The molecule has 0 aliphatic carbocycles. The van der Waals surface area contributed by atoms with Gasteiger partial charge >= 0.3 is 0 Å². The van der Waals surface area contributed by atoms with Gasteiger partial charge in [-0.15, -0.1) is 0 Å². The molecule has 3 aromatic rings. The monoisotopic (exact) mass is 305 g/mol. The molecule has 0 saturated carbocycles. The van der Waals surface area contributed by atoms with Gasteiger partial charge in [0.2, 0.25) is 5.95 Å². The molecule has 5 heteroatoms. The molecule has 3 heterocycles. The first-order chi connectivity index (χ1) is 11.3. The molecule has 23 heavy (non-hydrogen) atoms. The quantitative estimate of drug-likeness (QED) is 0.780. The van der Waals surface area contributed by atoms with E-state index in [1.54, 1.807) is 18.6 Å². The molecule has 0 fully saturated rings. The van der Waals surface area contributed by atoms with E-state index in [0.29, 0.717) is 0 Å². The third kappa shape index (κ3) is 3.34. The van der Waals surface area contributed by atoms with Gasteiger partial charge < -0.3 is 5.73 Å². The van der Waals surface area contributed by atoms with Crippen molar-refractivity contribution in [3.8, 4) is 22.6 Å². The number of nitrogen functional groups attached to an aromatic ring is 1. The number of hydrogen-bond acceptors (Lipinski definition) is 5. The van der Waals surface area contributed by atoms with Crippen molar-refractivity contribution >= 4 is 5.95 Å². The van der Waals surface area contributed by atoms with Crippen LogP contribution in [0.3, 0.4) is 0 Å². The highest BCUT2D eigenvalue weighted by Crippen LogP contribution is 2.30. The van der Waals surface area contributed by atoms with Gasteiger partial charge in [0.15, 0.2) is 0 Å². The summed E-state index contributed by atoms with van der Waals surface area (Å²) in [5.74, 6) is 0.262. The van der Waals surface area contributed by atoms with Crippen LogP contribution in [0.5, 0.6) is 0 Å². The molecule has 5 nitrogen and oxygen atoms in total. The molecule has 0 atom stereocenters. The number of nitrogens with two attached hydrogens (primary N) is 1. The van der Waals surface area contributed by atoms with E-state index in [-0.39, 0.29) is 5.95 Å². The fourth-order valence-electron chi connectivity index (χ4n) is 2.55. The first-order valence-corrected chi connectivity index (χ1v) is 7.77. The first-order valence-electron chi connectivity index (χ1n) is 7.77. The molecule has 0 saturated heterocycles. The second kappa shape index (κ2) is 6.96. The Bertz CT molecular complexity index is 711. The standard InChI is InChI=1S/C18H19N5/c1-2-3-6-14-16(13-8-11-20-12-9-13)22-18(19)23-17(14)15-7-4-5-10-21-15/h4-5,7-12H,2-3,6H2,1H3,(H2,19,22,23). The minimum Gasteiger partial charge on any atom is -0.368 e. The van der Waals surface area contributed by atoms with Crippen LogP contribution in [-0.4, -0.2) is 19.9 Å². The predicted molar refractivity (Wildman–Crippen MR) is 91.5 cm³/mol. The molecule has 0 amide bonds. The Hall–Kier alpha value is -2.82. The maximum atomic E-state index is 5.97. The number of pyridine rings is 2. The summed E-state index contributed by atoms with van der Waals surface area (Å²) >= 11 is 0. The lowest BCUT2D eigenvalue weighted by Crippen LogP contribution is -2.06. The minimum atomic E-state index is 0.262. The molecule has 0 bridgehead atoms. The average molecular weight is 305 g/mol. The molecule has 2 N–H and O–H groups in total. The molecule has 0 aromatic carbocycles. The zero-order valence-corrected chi connectivity index (χ0v) is 13.1. The topological polar surface area (TPSA) is 77.6 Å². The molecule has 0 spiro atoms. The van der Waals surface area contributed by atoms with Gasteiger partial charge in [-0.25, -0.2) is 9.97 Å². The van der Waals surface area contributed by atoms with Gasteiger partial charge in [-0.2, -0.15) is 0 Å². The van der Waals surface area contributed by atoms with Crippen molar-refractivity contribution in [2.45, 2.75) is 26.2 Å². The summed E-state index contributed by atoms with van der Waals surface area (Å²) in [7, 11) is 0. The maximum absolute atomic E-state index is 5.97. The molecular formula is C18H19N5. The smallest absolute Gasteiger partial charge is 0.221 e. The molecule has 3 aromatic heterocycles. The Balaban J connectivity index is 2.21. The van der Waals surface area contributed by atoms with Crippen molar-refractivity contribution in [2.24, 2.45) is 0 Å². The van der Waals surface area contributed by atoms with Crippen molar-refractivity contribution in [2.75, 3.05) is 5.73 Å². The largest absolute Gasteiger partial charge is 0.368 e. The molecule has 0 aliphatic rings. The maximum Gasteiger partial charge on any atom is 0.221 e. The van der Waals surface area contributed by atoms with Crippen LogP contribution >= 0.6 is 0 Å². The van der Waals surface area contributed by atoms with E-state index in [9.17, 15) is 0 Å². The van der Waals surface area contributed by atoms with Crippen LogP contribution in [0.2, 0.25) is 0 Å². The van der Waals surface area contributed by atoms with E-state index in [1.165, 1.54) is 0 Å². The van der Waals surface area contributed by atoms with Crippen LogP contribution in [-0.2, 0) is 6.42 Å². The lowest BCUT2D eigenvalue weighted by atomic mass is 9.98. The first kappa shape index (κ1) is 15.1. The highest BCUT2D eigenvalue weighted by molar-refractivity contribution is 5.73. The van der Waals surface area contributed by atoms with Gasteiger partial charge in [0, 0.05) is 29.7 Å². The number of hydrogen-bond donors (Lipinski definition) is 1. The molecule has 0 radical (unpaired) electrons. The van der Waals surface area contributed by atoms with Gasteiger partial charge in [-0.1, -0.05) is 19.4 Å². The number of aromatic nitrogens is 4. The molecule has 116 valence electrons. The zero-order valence-electron chi connectivity index (χ0n) is 13.1. The van der Waals surface area contributed by atoms with E-state index in [0.717, 1.165) is 47.5 Å². The molecule has 0 aliphatic heterocycles. The molecular weight excluding hydrogens is 286 g/mol. The average Bonchev–Trinajstić information content (AvgIpc) is 2.61. The van der Waals surface area contributed by atoms with Gasteiger partial charge in [0.1, 0.15) is 0 Å². The van der Waals surface area contributed by atoms with Gasteiger partial charge in [-0.05, 0) is 37.1 Å². The number of nitrogens with zero attached hydrogens (tertiary/aromatic N) is 4. The number of rotatable bonds is 5. The molecule has 3 rings (SSSR count). The Labute approximate surface area is 135 Å². The van der Waals surface area contributed by atoms with E-state index in [2.05, 4.69) is 26.9 Å². The van der Waals surface area contributed by atoms with Crippen LogP contribution in [0.1, 0.15) is 25.3 Å². The summed E-state index contributed by atoms with van der Waals surface area (Å²) in [5.41, 5.74) is 10.6. The Morgan fingerprint density at radius 1 is 0.957 bits per heavy atom. The Morgan fingerprint density at radius 2 is 1.74 bits per heavy atom. The third-order valence-corrected chi connectivity index (χ3v) is 3.67. The van der Waals surface area contributed by atoms with Gasteiger partial charge in [0.25, 0.3) is 0 Å². The Morgan fingerprint density at radius 3 is 2.43 bits per heavy atom. The fraction of sp³-hybridized carbons (Fsp3) is 0.222. The third-order valence-electron chi connectivity index (χ3n) is 3.67. The molecule has 0 unspecified atom stereocenters. The second-order valence-electron chi connectivity index (χ2n) is 5.31. The van der Waals surface area contributed by atoms with E-state index in [4.69, 9.17) is 5.73 Å². The van der Waals surface area contributed by atoms with Crippen LogP contribution in [0.15, 0.2) is 48.9 Å². The van der Waals surface area contributed by atoms with Crippen molar-refractivity contribution in [3.05, 3.63) is 54.5 Å². The highest BCUT2D eigenvalue weighted by atomic mass is 15.0. The summed E-state index contributed by atoms with van der Waals surface area (Å²) in [5, 5.41) is 0. The summed E-state index contributed by atoms with van der Waals surface area (Å²) < 4.78 is 0.